The number of carbonyl (C=O) groups is 1. The molecule has 0 bridgehead atoms. The van der Waals surface area contributed by atoms with Crippen LogP contribution >= 0.6 is 0 Å². The zero-order chi connectivity index (χ0) is 17.8. The molecule has 0 aliphatic heterocycles. The van der Waals surface area contributed by atoms with Gasteiger partial charge < -0.3 is 5.32 Å². The van der Waals surface area contributed by atoms with E-state index in [9.17, 15) is 4.79 Å². The minimum absolute atomic E-state index is 0.301. The third-order valence-electron chi connectivity index (χ3n) is 3.68. The van der Waals surface area contributed by atoms with Gasteiger partial charge in [-0.1, -0.05) is 11.3 Å². The Morgan fingerprint density at radius 1 is 1.12 bits per heavy atom. The number of hydrogen-bond donors (Lipinski definition) is 2. The van der Waals surface area contributed by atoms with Crippen LogP contribution in [0.15, 0.2) is 36.7 Å². The summed E-state index contributed by atoms with van der Waals surface area (Å²) in [5, 5.41) is 17.6. The van der Waals surface area contributed by atoms with E-state index in [1.54, 1.807) is 17.1 Å². The van der Waals surface area contributed by atoms with Crippen LogP contribution in [0.25, 0.3) is 5.69 Å². The van der Waals surface area contributed by atoms with Crippen LogP contribution < -0.4 is 10.6 Å². The van der Waals surface area contributed by atoms with Crippen LogP contribution in [0.1, 0.15) is 16.8 Å². The molecule has 0 aliphatic carbocycles. The van der Waals surface area contributed by atoms with E-state index in [4.69, 9.17) is 0 Å². The second kappa shape index (κ2) is 7.16. The first-order valence-electron chi connectivity index (χ1n) is 8.05. The van der Waals surface area contributed by atoms with Crippen LogP contribution in [-0.2, 0) is 6.54 Å². The number of urea groups is 1. The smallest absolute Gasteiger partial charge is 0.320 e. The third kappa shape index (κ3) is 4.23. The molecule has 2 heterocycles. The number of carbonyl (C=O) groups excluding carboxylic acids is 1. The standard InChI is InChI=1S/C17H21N7O/c1-12-8-13(2)10-15(9-12)24-14(3)11-16(21-24)20-17(25)18-4-6-23-7-5-19-22-23/h5,7-11H,4,6H2,1-3H3,(H2,18,20,21,25). The fourth-order valence-electron chi connectivity index (χ4n) is 2.67. The maximum atomic E-state index is 12.0. The van der Waals surface area contributed by atoms with Crippen molar-refractivity contribution < 1.29 is 4.79 Å². The van der Waals surface area contributed by atoms with Crippen molar-refractivity contribution in [1.29, 1.82) is 0 Å². The molecule has 0 fully saturated rings. The molecule has 8 heteroatoms. The molecule has 0 atom stereocenters. The maximum absolute atomic E-state index is 12.0. The van der Waals surface area contributed by atoms with Gasteiger partial charge in [0.15, 0.2) is 5.82 Å². The van der Waals surface area contributed by atoms with E-state index in [2.05, 4.69) is 58.1 Å². The van der Waals surface area contributed by atoms with Crippen LogP contribution in [0.5, 0.6) is 0 Å². The number of nitrogens with zero attached hydrogens (tertiary/aromatic N) is 5. The van der Waals surface area contributed by atoms with Gasteiger partial charge in [-0.05, 0) is 44.0 Å². The highest BCUT2D eigenvalue weighted by Gasteiger charge is 2.09. The first-order valence-corrected chi connectivity index (χ1v) is 8.05. The molecular formula is C17H21N7O. The highest BCUT2D eigenvalue weighted by molar-refractivity contribution is 5.88. The average Bonchev–Trinajstić information content (AvgIpc) is 3.16. The summed E-state index contributed by atoms with van der Waals surface area (Å²) in [6.07, 6.45) is 3.34. The zero-order valence-corrected chi connectivity index (χ0v) is 14.5. The molecule has 3 aromatic rings. The lowest BCUT2D eigenvalue weighted by Crippen LogP contribution is -2.31. The molecule has 8 nitrogen and oxygen atoms in total. The SMILES string of the molecule is Cc1cc(C)cc(-n2nc(NC(=O)NCCn3ccnn3)cc2C)c1. The van der Waals surface area contributed by atoms with Crippen LogP contribution in [0.2, 0.25) is 0 Å². The predicted molar refractivity (Wildman–Crippen MR) is 94.8 cm³/mol. The van der Waals surface area contributed by atoms with Gasteiger partial charge >= 0.3 is 6.03 Å². The normalized spacial score (nSPS) is 10.7. The van der Waals surface area contributed by atoms with Gasteiger partial charge in [-0.15, -0.1) is 10.2 Å². The highest BCUT2D eigenvalue weighted by atomic mass is 16.2. The summed E-state index contributed by atoms with van der Waals surface area (Å²) >= 11 is 0. The molecule has 0 unspecified atom stereocenters. The summed E-state index contributed by atoms with van der Waals surface area (Å²) in [7, 11) is 0. The maximum Gasteiger partial charge on any atom is 0.320 e. The second-order valence-electron chi connectivity index (χ2n) is 5.98. The van der Waals surface area contributed by atoms with Crippen molar-refractivity contribution >= 4 is 11.8 Å². The molecule has 0 saturated heterocycles. The van der Waals surface area contributed by atoms with E-state index < -0.39 is 0 Å². The lowest BCUT2D eigenvalue weighted by molar-refractivity contribution is 0.251. The van der Waals surface area contributed by atoms with Gasteiger partial charge in [0.1, 0.15) is 0 Å². The summed E-state index contributed by atoms with van der Waals surface area (Å²) in [5.74, 6) is 0.509. The molecule has 3 rings (SSSR count). The average molecular weight is 339 g/mol. The number of anilines is 1. The number of amides is 2. The van der Waals surface area contributed by atoms with Crippen LogP contribution in [-0.4, -0.2) is 37.4 Å². The minimum Gasteiger partial charge on any atom is -0.336 e. The van der Waals surface area contributed by atoms with E-state index in [0.717, 1.165) is 11.4 Å². The van der Waals surface area contributed by atoms with Crippen LogP contribution in [0.3, 0.4) is 0 Å². The van der Waals surface area contributed by atoms with Gasteiger partial charge in [0.2, 0.25) is 0 Å². The Morgan fingerprint density at radius 3 is 2.56 bits per heavy atom. The van der Waals surface area contributed by atoms with E-state index >= 15 is 0 Å². The first kappa shape index (κ1) is 16.7. The van der Waals surface area contributed by atoms with E-state index in [1.807, 2.05) is 17.7 Å². The third-order valence-corrected chi connectivity index (χ3v) is 3.68. The van der Waals surface area contributed by atoms with Crippen LogP contribution in [0.4, 0.5) is 10.6 Å². The predicted octanol–water partition coefficient (Wildman–Crippen LogP) is 2.21. The largest absolute Gasteiger partial charge is 0.336 e. The van der Waals surface area contributed by atoms with Crippen LogP contribution in [0, 0.1) is 20.8 Å². The van der Waals surface area contributed by atoms with Gasteiger partial charge in [0.25, 0.3) is 0 Å². The van der Waals surface area contributed by atoms with Crippen molar-refractivity contribution in [3.05, 3.63) is 53.5 Å². The lowest BCUT2D eigenvalue weighted by atomic mass is 10.1. The quantitative estimate of drug-likeness (QED) is 0.746. The molecule has 130 valence electrons. The van der Waals surface area contributed by atoms with Crippen molar-refractivity contribution in [2.24, 2.45) is 0 Å². The Morgan fingerprint density at radius 2 is 1.88 bits per heavy atom. The monoisotopic (exact) mass is 339 g/mol. The summed E-state index contributed by atoms with van der Waals surface area (Å²) in [6.45, 7) is 7.07. The molecule has 0 radical (unpaired) electrons. The number of hydrogen-bond acceptors (Lipinski definition) is 4. The summed E-state index contributed by atoms with van der Waals surface area (Å²) in [4.78, 5) is 12.0. The van der Waals surface area contributed by atoms with Gasteiger partial charge in [-0.25, -0.2) is 9.48 Å². The van der Waals surface area contributed by atoms with Crippen molar-refractivity contribution in [2.75, 3.05) is 11.9 Å². The molecule has 1 aromatic carbocycles. The van der Waals surface area contributed by atoms with E-state index in [-0.39, 0.29) is 6.03 Å². The highest BCUT2D eigenvalue weighted by Crippen LogP contribution is 2.17. The van der Waals surface area contributed by atoms with Gasteiger partial charge in [0, 0.05) is 24.5 Å². The number of rotatable bonds is 5. The number of aromatic nitrogens is 5. The van der Waals surface area contributed by atoms with Gasteiger partial charge in [-0.2, -0.15) is 0 Å². The van der Waals surface area contributed by atoms with Gasteiger partial charge in [-0.3, -0.25) is 10.00 Å². The zero-order valence-electron chi connectivity index (χ0n) is 14.5. The van der Waals surface area contributed by atoms with Crippen molar-refractivity contribution in [3.63, 3.8) is 0 Å². The molecular weight excluding hydrogens is 318 g/mol. The molecule has 0 saturated carbocycles. The Kier molecular flexibility index (Phi) is 4.78. The fraction of sp³-hybridized carbons (Fsp3) is 0.294. The Bertz CT molecular complexity index is 847. The van der Waals surface area contributed by atoms with Gasteiger partial charge in [0.05, 0.1) is 18.4 Å². The Hall–Kier alpha value is -3.16. The molecule has 2 amide bonds. The molecule has 0 aliphatic rings. The van der Waals surface area contributed by atoms with Crippen molar-refractivity contribution in [1.82, 2.24) is 30.1 Å². The summed E-state index contributed by atoms with van der Waals surface area (Å²) < 4.78 is 3.48. The molecule has 0 spiro atoms. The Balaban J connectivity index is 1.62. The minimum atomic E-state index is -0.301. The summed E-state index contributed by atoms with van der Waals surface area (Å²) in [5.41, 5.74) is 4.27. The summed E-state index contributed by atoms with van der Waals surface area (Å²) in [6, 6.07) is 7.79. The molecule has 25 heavy (non-hydrogen) atoms. The number of nitrogens with one attached hydrogen (secondary N) is 2. The lowest BCUT2D eigenvalue weighted by Gasteiger charge is -2.07. The Labute approximate surface area is 145 Å². The topological polar surface area (TPSA) is 89.7 Å². The van der Waals surface area contributed by atoms with Crippen molar-refractivity contribution in [2.45, 2.75) is 27.3 Å². The number of aryl methyl sites for hydroxylation is 3. The molecule has 2 N–H and O–H groups in total. The molecule has 2 aromatic heterocycles. The first-order chi connectivity index (χ1) is 12.0. The van der Waals surface area contributed by atoms with Crippen molar-refractivity contribution in [3.8, 4) is 5.69 Å². The fourth-order valence-corrected chi connectivity index (χ4v) is 2.67. The number of benzene rings is 1. The second-order valence-corrected chi connectivity index (χ2v) is 5.98. The van der Waals surface area contributed by atoms with E-state index in [0.29, 0.717) is 18.9 Å². The van der Waals surface area contributed by atoms with E-state index in [1.165, 1.54) is 11.1 Å².